The highest BCUT2D eigenvalue weighted by molar-refractivity contribution is 7.22. The molecule has 0 spiro atoms. The van der Waals surface area contributed by atoms with E-state index >= 15 is 0 Å². The van der Waals surface area contributed by atoms with Gasteiger partial charge >= 0.3 is 6.09 Å². The van der Waals surface area contributed by atoms with Crippen LogP contribution in [0.2, 0.25) is 5.02 Å². The Kier molecular flexibility index (Phi) is 3.97. The van der Waals surface area contributed by atoms with Crippen LogP contribution in [0.1, 0.15) is 12.5 Å². The van der Waals surface area contributed by atoms with Crippen LogP contribution in [-0.4, -0.2) is 38.7 Å². The molecule has 1 atom stereocenters. The molecule has 1 aromatic carbocycles. The van der Waals surface area contributed by atoms with Gasteiger partial charge in [-0.2, -0.15) is 0 Å². The van der Waals surface area contributed by atoms with Gasteiger partial charge in [0.05, 0.1) is 17.9 Å². The summed E-state index contributed by atoms with van der Waals surface area (Å²) in [6.07, 6.45) is 1.19. The molecule has 1 aliphatic rings. The number of halogens is 1. The van der Waals surface area contributed by atoms with Crippen LogP contribution in [0.25, 0.3) is 20.7 Å². The fourth-order valence-electron chi connectivity index (χ4n) is 3.08. The maximum atomic E-state index is 12.8. The standard InChI is InChI=1S/C17H14ClN3O3S/c18-11-3-1-10(2-4-11)14-7-13-15(25-14)16(22)21(9-19-13)12-5-6-20(8-12)17(23)24/h1-4,7,9,12H,5-6,8H2,(H,23,24)/t12-/m0/s1. The number of aromatic nitrogens is 2. The van der Waals surface area contributed by atoms with E-state index in [0.29, 0.717) is 34.7 Å². The van der Waals surface area contributed by atoms with Crippen molar-refractivity contribution in [3.63, 3.8) is 0 Å². The Hall–Kier alpha value is -2.38. The molecule has 0 unspecified atom stereocenters. The van der Waals surface area contributed by atoms with Gasteiger partial charge in [0.25, 0.3) is 5.56 Å². The zero-order valence-corrected chi connectivity index (χ0v) is 14.6. The van der Waals surface area contributed by atoms with Crippen molar-refractivity contribution in [1.82, 2.24) is 14.5 Å². The number of amides is 1. The van der Waals surface area contributed by atoms with E-state index < -0.39 is 6.09 Å². The number of fused-ring (bicyclic) bond motifs is 1. The summed E-state index contributed by atoms with van der Waals surface area (Å²) in [6, 6.07) is 9.17. The lowest BCUT2D eigenvalue weighted by Crippen LogP contribution is -2.30. The molecule has 1 amide bonds. The van der Waals surface area contributed by atoms with E-state index in [0.717, 1.165) is 10.4 Å². The van der Waals surface area contributed by atoms with Crippen LogP contribution < -0.4 is 5.56 Å². The first kappa shape index (κ1) is 16.1. The second kappa shape index (κ2) is 6.16. The smallest absolute Gasteiger partial charge is 0.407 e. The summed E-state index contributed by atoms with van der Waals surface area (Å²) in [5.74, 6) is 0. The fraction of sp³-hybridized carbons (Fsp3) is 0.235. The molecule has 128 valence electrons. The van der Waals surface area contributed by atoms with Crippen molar-refractivity contribution in [2.45, 2.75) is 12.5 Å². The summed E-state index contributed by atoms with van der Waals surface area (Å²) in [6.45, 7) is 0.753. The molecule has 0 saturated carbocycles. The maximum absolute atomic E-state index is 12.8. The molecule has 1 aliphatic heterocycles. The molecule has 8 heteroatoms. The topological polar surface area (TPSA) is 75.4 Å². The molecular formula is C17H14ClN3O3S. The minimum atomic E-state index is -0.953. The molecule has 3 aromatic rings. The van der Waals surface area contributed by atoms with Gasteiger partial charge in [0.15, 0.2) is 0 Å². The number of hydrogen-bond acceptors (Lipinski definition) is 4. The van der Waals surface area contributed by atoms with Gasteiger partial charge < -0.3 is 10.0 Å². The molecule has 0 aliphatic carbocycles. The van der Waals surface area contributed by atoms with Crippen LogP contribution in [0.3, 0.4) is 0 Å². The number of carbonyl (C=O) groups is 1. The van der Waals surface area contributed by atoms with E-state index in [4.69, 9.17) is 16.7 Å². The Morgan fingerprint density at radius 1 is 1.32 bits per heavy atom. The Morgan fingerprint density at radius 3 is 2.76 bits per heavy atom. The van der Waals surface area contributed by atoms with Gasteiger partial charge in [-0.3, -0.25) is 9.36 Å². The molecule has 1 fully saturated rings. The Labute approximate surface area is 151 Å². The number of thiophene rings is 1. The summed E-state index contributed by atoms with van der Waals surface area (Å²) in [5.41, 5.74) is 1.52. The average molecular weight is 376 g/mol. The van der Waals surface area contributed by atoms with E-state index in [1.807, 2.05) is 30.3 Å². The molecular weight excluding hydrogens is 362 g/mol. The van der Waals surface area contributed by atoms with Crippen LogP contribution >= 0.6 is 22.9 Å². The molecule has 0 bridgehead atoms. The van der Waals surface area contributed by atoms with Crippen LogP contribution in [0.15, 0.2) is 41.5 Å². The summed E-state index contributed by atoms with van der Waals surface area (Å²) in [7, 11) is 0. The molecule has 1 saturated heterocycles. The van der Waals surface area contributed by atoms with Crippen molar-refractivity contribution in [2.75, 3.05) is 13.1 Å². The molecule has 6 nitrogen and oxygen atoms in total. The summed E-state index contributed by atoms with van der Waals surface area (Å²) >= 11 is 7.32. The van der Waals surface area contributed by atoms with E-state index in [2.05, 4.69) is 4.98 Å². The highest BCUT2D eigenvalue weighted by Crippen LogP contribution is 2.32. The number of likely N-dealkylation sites (tertiary alicyclic amines) is 1. The lowest BCUT2D eigenvalue weighted by molar-refractivity contribution is 0.154. The Morgan fingerprint density at radius 2 is 2.08 bits per heavy atom. The van der Waals surface area contributed by atoms with E-state index in [-0.39, 0.29) is 11.6 Å². The van der Waals surface area contributed by atoms with Gasteiger partial charge in [-0.25, -0.2) is 9.78 Å². The van der Waals surface area contributed by atoms with E-state index in [1.54, 1.807) is 4.57 Å². The second-order valence-electron chi connectivity index (χ2n) is 5.96. The third kappa shape index (κ3) is 2.89. The normalized spacial score (nSPS) is 17.3. The van der Waals surface area contributed by atoms with Gasteiger partial charge in [0, 0.05) is 23.0 Å². The highest BCUT2D eigenvalue weighted by Gasteiger charge is 2.28. The van der Waals surface area contributed by atoms with Crippen molar-refractivity contribution in [3.05, 3.63) is 52.0 Å². The van der Waals surface area contributed by atoms with E-state index in [9.17, 15) is 9.59 Å². The van der Waals surface area contributed by atoms with Gasteiger partial charge in [-0.1, -0.05) is 23.7 Å². The molecule has 4 rings (SSSR count). The first-order valence-electron chi connectivity index (χ1n) is 7.77. The quantitative estimate of drug-likeness (QED) is 0.741. The van der Waals surface area contributed by atoms with Crippen molar-refractivity contribution < 1.29 is 9.90 Å². The van der Waals surface area contributed by atoms with Crippen LogP contribution in [-0.2, 0) is 0 Å². The zero-order valence-electron chi connectivity index (χ0n) is 13.1. The van der Waals surface area contributed by atoms with Crippen LogP contribution in [0.5, 0.6) is 0 Å². The SMILES string of the molecule is O=C(O)N1CC[C@H](n2cnc3cc(-c4ccc(Cl)cc4)sc3c2=O)C1. The number of carboxylic acid groups (broad SMARTS) is 1. The number of rotatable bonds is 2. The third-order valence-corrected chi connectivity index (χ3v) is 5.83. The van der Waals surface area contributed by atoms with Crippen molar-refractivity contribution in [3.8, 4) is 10.4 Å². The van der Waals surface area contributed by atoms with Crippen LogP contribution in [0.4, 0.5) is 4.79 Å². The number of nitrogens with zero attached hydrogens (tertiary/aromatic N) is 3. The lowest BCUT2D eigenvalue weighted by Gasteiger charge is -2.14. The summed E-state index contributed by atoms with van der Waals surface area (Å²) < 4.78 is 2.15. The highest BCUT2D eigenvalue weighted by atomic mass is 35.5. The second-order valence-corrected chi connectivity index (χ2v) is 7.45. The third-order valence-electron chi connectivity index (χ3n) is 4.42. The zero-order chi connectivity index (χ0) is 17.6. The minimum Gasteiger partial charge on any atom is -0.465 e. The number of benzene rings is 1. The summed E-state index contributed by atoms with van der Waals surface area (Å²) in [5, 5.41) is 9.75. The Bertz CT molecular complexity index is 1010. The predicted octanol–water partition coefficient (Wildman–Crippen LogP) is 3.70. The fourth-order valence-corrected chi connectivity index (χ4v) is 4.26. The molecule has 0 radical (unpaired) electrons. The van der Waals surface area contributed by atoms with Crippen molar-refractivity contribution >= 4 is 39.2 Å². The van der Waals surface area contributed by atoms with Crippen LogP contribution in [0, 0.1) is 0 Å². The molecule has 25 heavy (non-hydrogen) atoms. The minimum absolute atomic E-state index is 0.118. The van der Waals surface area contributed by atoms with E-state index in [1.165, 1.54) is 22.6 Å². The largest absolute Gasteiger partial charge is 0.465 e. The van der Waals surface area contributed by atoms with Gasteiger partial charge in [0.2, 0.25) is 0 Å². The van der Waals surface area contributed by atoms with Gasteiger partial charge in [0.1, 0.15) is 4.70 Å². The van der Waals surface area contributed by atoms with Gasteiger partial charge in [-0.15, -0.1) is 11.3 Å². The maximum Gasteiger partial charge on any atom is 0.407 e. The summed E-state index contributed by atoms with van der Waals surface area (Å²) in [4.78, 5) is 30.6. The monoisotopic (exact) mass is 375 g/mol. The predicted molar refractivity (Wildman–Crippen MR) is 97.6 cm³/mol. The van der Waals surface area contributed by atoms with Gasteiger partial charge in [-0.05, 0) is 30.2 Å². The molecule has 1 N–H and O–H groups in total. The average Bonchev–Trinajstić information content (AvgIpc) is 3.23. The first-order chi connectivity index (χ1) is 12.0. The molecule has 3 heterocycles. The van der Waals surface area contributed by atoms with Crippen molar-refractivity contribution in [2.24, 2.45) is 0 Å². The first-order valence-corrected chi connectivity index (χ1v) is 8.97. The lowest BCUT2D eigenvalue weighted by atomic mass is 10.2. The van der Waals surface area contributed by atoms with Crippen molar-refractivity contribution in [1.29, 1.82) is 0 Å². The Balaban J connectivity index is 1.72. The molecule has 2 aromatic heterocycles. The number of hydrogen-bond donors (Lipinski definition) is 1.